The number of anilines is 1. The monoisotopic (exact) mass is 623 g/mol. The van der Waals surface area contributed by atoms with Gasteiger partial charge in [-0.15, -0.1) is 0 Å². The zero-order chi connectivity index (χ0) is 25.0. The number of rotatable bonds is 7. The van der Waals surface area contributed by atoms with Crippen LogP contribution in [0.5, 0.6) is 11.5 Å². The third-order valence-electron chi connectivity index (χ3n) is 4.42. The highest BCUT2D eigenvalue weighted by atomic mass is 127. The van der Waals surface area contributed by atoms with Gasteiger partial charge in [-0.1, -0.05) is 30.0 Å². The van der Waals surface area contributed by atoms with Crippen LogP contribution in [0.3, 0.4) is 0 Å². The lowest BCUT2D eigenvalue weighted by molar-refractivity contribution is -0.143. The molecule has 180 valence electrons. The first kappa shape index (κ1) is 26.3. The maximum absolute atomic E-state index is 13.1. The summed E-state index contributed by atoms with van der Waals surface area (Å²) in [6.45, 7) is 1.80. The molecule has 2 aromatic rings. The van der Waals surface area contributed by atoms with Crippen LogP contribution in [0.4, 0.5) is 18.9 Å². The summed E-state index contributed by atoms with van der Waals surface area (Å²) >= 11 is 8.26. The zero-order valence-electron chi connectivity index (χ0n) is 17.8. The van der Waals surface area contributed by atoms with Gasteiger partial charge in [0.1, 0.15) is 0 Å². The summed E-state index contributed by atoms with van der Waals surface area (Å²) in [7, 11) is 1.25. The summed E-state index contributed by atoms with van der Waals surface area (Å²) in [6, 6.07) is 7.79. The van der Waals surface area contributed by atoms with E-state index in [-0.39, 0.29) is 21.5 Å². The van der Waals surface area contributed by atoms with Crippen molar-refractivity contribution >= 4 is 74.5 Å². The van der Waals surface area contributed by atoms with Crippen LogP contribution >= 0.6 is 46.6 Å². The highest BCUT2D eigenvalue weighted by Crippen LogP contribution is 2.40. The number of alkyl halides is 3. The number of hydrogen-bond acceptors (Lipinski definition) is 7. The van der Waals surface area contributed by atoms with Crippen molar-refractivity contribution < 1.29 is 37.0 Å². The van der Waals surface area contributed by atoms with Gasteiger partial charge in [-0.25, -0.2) is 4.79 Å². The van der Waals surface area contributed by atoms with Gasteiger partial charge in [-0.3, -0.25) is 9.69 Å². The number of esters is 1. The summed E-state index contributed by atoms with van der Waals surface area (Å²) in [4.78, 5) is 25.8. The van der Waals surface area contributed by atoms with E-state index >= 15 is 0 Å². The summed E-state index contributed by atoms with van der Waals surface area (Å²) in [5, 5.41) is 0. The van der Waals surface area contributed by atoms with Gasteiger partial charge in [-0.05, 0) is 71.5 Å². The van der Waals surface area contributed by atoms with Gasteiger partial charge in [0.2, 0.25) is 0 Å². The molecule has 0 bridgehead atoms. The molecule has 1 fully saturated rings. The number of thiocarbonyl (C=S) groups is 1. The number of hydrogen-bond donors (Lipinski definition) is 0. The van der Waals surface area contributed by atoms with Crippen molar-refractivity contribution in [1.82, 2.24) is 0 Å². The van der Waals surface area contributed by atoms with Gasteiger partial charge in [0.05, 0.1) is 33.4 Å². The Hall–Kier alpha value is -2.32. The van der Waals surface area contributed by atoms with Crippen LogP contribution in [0.25, 0.3) is 6.08 Å². The molecule has 6 nitrogen and oxygen atoms in total. The Labute approximate surface area is 216 Å². The van der Waals surface area contributed by atoms with Gasteiger partial charge in [0.15, 0.2) is 22.4 Å². The third kappa shape index (κ3) is 6.02. The molecule has 3 rings (SSSR count). The molecule has 1 heterocycles. The van der Waals surface area contributed by atoms with Crippen LogP contribution in [0, 0.1) is 3.57 Å². The Morgan fingerprint density at radius 1 is 1.24 bits per heavy atom. The molecule has 2 aromatic carbocycles. The number of amides is 1. The molecular formula is C22H17F3INO5S2. The van der Waals surface area contributed by atoms with E-state index in [0.29, 0.717) is 27.2 Å². The highest BCUT2D eigenvalue weighted by Gasteiger charge is 2.36. The van der Waals surface area contributed by atoms with Crippen LogP contribution in [-0.2, 0) is 20.5 Å². The van der Waals surface area contributed by atoms with Gasteiger partial charge < -0.3 is 14.2 Å². The van der Waals surface area contributed by atoms with Crippen molar-refractivity contribution in [1.29, 1.82) is 0 Å². The standard InChI is InChI=1S/C22H17F3INO5S2/c1-3-31-16-8-12(7-15(26)19(16)32-11-18(28)30-2)9-17-20(29)27(21(33)34-17)14-6-4-5-13(10-14)22(23,24)25/h4-10H,3,11H2,1-2H3/b17-9-. The summed E-state index contributed by atoms with van der Waals surface area (Å²) in [5.41, 5.74) is -0.249. The second kappa shape index (κ2) is 11.0. The van der Waals surface area contributed by atoms with Crippen LogP contribution in [0.2, 0.25) is 0 Å². The van der Waals surface area contributed by atoms with Crippen molar-refractivity contribution in [2.45, 2.75) is 13.1 Å². The minimum Gasteiger partial charge on any atom is -0.490 e. The summed E-state index contributed by atoms with van der Waals surface area (Å²) in [6.07, 6.45) is -2.97. The molecule has 1 saturated heterocycles. The number of ether oxygens (including phenoxy) is 3. The average molecular weight is 623 g/mol. The molecule has 0 aliphatic carbocycles. The molecule has 1 aliphatic rings. The van der Waals surface area contributed by atoms with Gasteiger partial charge in [0.25, 0.3) is 5.91 Å². The first-order valence-electron chi connectivity index (χ1n) is 9.66. The fourth-order valence-electron chi connectivity index (χ4n) is 2.93. The SMILES string of the molecule is CCOc1cc(/C=C2\SC(=S)N(c3cccc(C(F)(F)F)c3)C2=O)cc(I)c1OCC(=O)OC. The minimum atomic E-state index is -4.55. The fourth-order valence-corrected chi connectivity index (χ4v) is 5.01. The first-order valence-corrected chi connectivity index (χ1v) is 12.0. The molecule has 34 heavy (non-hydrogen) atoms. The molecule has 0 atom stereocenters. The smallest absolute Gasteiger partial charge is 0.416 e. The largest absolute Gasteiger partial charge is 0.490 e. The predicted molar refractivity (Wildman–Crippen MR) is 135 cm³/mol. The van der Waals surface area contributed by atoms with Crippen molar-refractivity contribution in [2.24, 2.45) is 0 Å². The van der Waals surface area contributed by atoms with Crippen molar-refractivity contribution in [3.05, 3.63) is 56.0 Å². The van der Waals surface area contributed by atoms with Gasteiger partial charge in [0, 0.05) is 0 Å². The Bertz CT molecular complexity index is 1170. The van der Waals surface area contributed by atoms with Crippen LogP contribution in [0.1, 0.15) is 18.1 Å². The maximum Gasteiger partial charge on any atom is 0.416 e. The second-order valence-electron chi connectivity index (χ2n) is 6.69. The van der Waals surface area contributed by atoms with Crippen LogP contribution in [0.15, 0.2) is 41.3 Å². The molecule has 12 heteroatoms. The molecule has 0 radical (unpaired) electrons. The minimum absolute atomic E-state index is 0.0388. The Kier molecular flexibility index (Phi) is 8.47. The Balaban J connectivity index is 1.92. The van der Waals surface area contributed by atoms with E-state index in [9.17, 15) is 22.8 Å². The molecule has 0 spiro atoms. The lowest BCUT2D eigenvalue weighted by Gasteiger charge is -2.16. The molecule has 0 N–H and O–H groups in total. The normalized spacial score (nSPS) is 15.1. The summed E-state index contributed by atoms with van der Waals surface area (Å²) < 4.78 is 55.8. The number of benzene rings is 2. The van der Waals surface area contributed by atoms with E-state index in [1.54, 1.807) is 25.1 Å². The molecule has 1 aliphatic heterocycles. The number of carbonyl (C=O) groups excluding carboxylic acids is 2. The Morgan fingerprint density at radius 2 is 1.97 bits per heavy atom. The number of carbonyl (C=O) groups is 2. The molecule has 0 aromatic heterocycles. The van der Waals surface area contributed by atoms with E-state index in [0.717, 1.165) is 28.8 Å². The number of methoxy groups -OCH3 is 1. The number of thioether (sulfide) groups is 1. The van der Waals surface area contributed by atoms with Crippen molar-refractivity contribution in [3.8, 4) is 11.5 Å². The van der Waals surface area contributed by atoms with Crippen LogP contribution in [-0.4, -0.2) is 36.5 Å². The van der Waals surface area contributed by atoms with Crippen molar-refractivity contribution in [3.63, 3.8) is 0 Å². The molecular weight excluding hydrogens is 606 g/mol. The average Bonchev–Trinajstić information content (AvgIpc) is 3.05. The van der Waals surface area contributed by atoms with Crippen LogP contribution < -0.4 is 14.4 Å². The van der Waals surface area contributed by atoms with Gasteiger partial charge in [-0.2, -0.15) is 13.2 Å². The van der Waals surface area contributed by atoms with Gasteiger partial charge >= 0.3 is 12.1 Å². The maximum atomic E-state index is 13.1. The van der Waals surface area contributed by atoms with E-state index in [1.807, 2.05) is 22.6 Å². The Morgan fingerprint density at radius 3 is 2.62 bits per heavy atom. The van der Waals surface area contributed by atoms with E-state index in [2.05, 4.69) is 4.74 Å². The zero-order valence-corrected chi connectivity index (χ0v) is 21.6. The molecule has 0 unspecified atom stereocenters. The predicted octanol–water partition coefficient (Wildman–Crippen LogP) is 5.67. The van der Waals surface area contributed by atoms with E-state index in [1.165, 1.54) is 19.2 Å². The van der Waals surface area contributed by atoms with E-state index in [4.69, 9.17) is 21.7 Å². The molecule has 0 saturated carbocycles. The third-order valence-corrected chi connectivity index (χ3v) is 6.52. The topological polar surface area (TPSA) is 65.1 Å². The quantitative estimate of drug-likeness (QED) is 0.171. The molecule has 1 amide bonds. The highest BCUT2D eigenvalue weighted by molar-refractivity contribution is 14.1. The summed E-state index contributed by atoms with van der Waals surface area (Å²) in [5.74, 6) is -0.381. The second-order valence-corrected chi connectivity index (χ2v) is 9.53. The number of halogens is 4. The van der Waals surface area contributed by atoms with Crippen molar-refractivity contribution in [2.75, 3.05) is 25.2 Å². The fraction of sp³-hybridized carbons (Fsp3) is 0.227. The lowest BCUT2D eigenvalue weighted by Crippen LogP contribution is -2.27. The van der Waals surface area contributed by atoms with E-state index < -0.39 is 23.6 Å². The first-order chi connectivity index (χ1) is 16.0. The number of nitrogens with zero attached hydrogens (tertiary/aromatic N) is 1. The lowest BCUT2D eigenvalue weighted by atomic mass is 10.1.